The van der Waals surface area contributed by atoms with Gasteiger partial charge in [0.15, 0.2) is 5.69 Å². The van der Waals surface area contributed by atoms with E-state index in [1.807, 2.05) is 48.9 Å². The summed E-state index contributed by atoms with van der Waals surface area (Å²) >= 11 is 0. The first-order chi connectivity index (χ1) is 15.9. The molecule has 2 aromatic carbocycles. The topological polar surface area (TPSA) is 56.0 Å². The molecule has 0 saturated carbocycles. The summed E-state index contributed by atoms with van der Waals surface area (Å²) in [6.45, 7) is 4.45. The molecule has 0 atom stereocenters. The SMILES string of the molecule is Cc1nn(-c2ccccc2)c(C)c1CN(C)C(=O)c1nn(-c2ccc(F)cc2)c2c1CCC2. The molecule has 168 valence electrons. The maximum absolute atomic E-state index is 13.5. The summed E-state index contributed by atoms with van der Waals surface area (Å²) in [6, 6.07) is 16.2. The molecule has 1 aliphatic carbocycles. The summed E-state index contributed by atoms with van der Waals surface area (Å²) in [5.41, 5.74) is 7.25. The van der Waals surface area contributed by atoms with Gasteiger partial charge in [-0.25, -0.2) is 13.8 Å². The van der Waals surface area contributed by atoms with Crippen LogP contribution in [0.2, 0.25) is 0 Å². The minimum Gasteiger partial charge on any atom is -0.336 e. The first-order valence-electron chi connectivity index (χ1n) is 11.2. The molecule has 0 unspecified atom stereocenters. The van der Waals surface area contributed by atoms with Crippen LogP contribution in [0.1, 0.15) is 45.1 Å². The van der Waals surface area contributed by atoms with Gasteiger partial charge in [-0.2, -0.15) is 10.2 Å². The zero-order valence-corrected chi connectivity index (χ0v) is 19.0. The standard InChI is InChI=1S/C26H26FN5O/c1-17-23(18(2)31(28-17)20-8-5-4-6-9-20)16-30(3)26(33)25-22-10-7-11-24(22)32(29-25)21-14-12-19(27)13-15-21/h4-6,8-9,12-15H,7,10-11,16H2,1-3H3. The van der Waals surface area contributed by atoms with Crippen LogP contribution in [-0.4, -0.2) is 37.4 Å². The minimum atomic E-state index is -0.291. The van der Waals surface area contributed by atoms with E-state index < -0.39 is 0 Å². The highest BCUT2D eigenvalue weighted by molar-refractivity contribution is 5.94. The molecule has 1 amide bonds. The zero-order valence-electron chi connectivity index (χ0n) is 19.0. The maximum atomic E-state index is 13.5. The lowest BCUT2D eigenvalue weighted by atomic mass is 10.1. The van der Waals surface area contributed by atoms with Gasteiger partial charge in [0.25, 0.3) is 5.91 Å². The van der Waals surface area contributed by atoms with Crippen LogP contribution in [-0.2, 0) is 19.4 Å². The minimum absolute atomic E-state index is 0.111. The van der Waals surface area contributed by atoms with Crippen molar-refractivity contribution >= 4 is 5.91 Å². The van der Waals surface area contributed by atoms with Crippen molar-refractivity contribution in [2.75, 3.05) is 7.05 Å². The number of hydrogen-bond donors (Lipinski definition) is 0. The number of aryl methyl sites for hydroxylation is 1. The molecule has 1 aliphatic rings. The van der Waals surface area contributed by atoms with Crippen molar-refractivity contribution in [3.63, 3.8) is 0 Å². The second-order valence-corrected chi connectivity index (χ2v) is 8.57. The summed E-state index contributed by atoms with van der Waals surface area (Å²) in [7, 11) is 1.80. The highest BCUT2D eigenvalue weighted by Crippen LogP contribution is 2.29. The van der Waals surface area contributed by atoms with Crippen molar-refractivity contribution in [3.05, 3.63) is 94.3 Å². The molecular formula is C26H26FN5O. The monoisotopic (exact) mass is 443 g/mol. The largest absolute Gasteiger partial charge is 0.336 e. The number of carbonyl (C=O) groups excluding carboxylic acids is 1. The molecule has 0 N–H and O–H groups in total. The number of carbonyl (C=O) groups is 1. The number of para-hydroxylation sites is 1. The van der Waals surface area contributed by atoms with Gasteiger partial charge in [-0.15, -0.1) is 0 Å². The van der Waals surface area contributed by atoms with E-state index in [1.165, 1.54) is 12.1 Å². The van der Waals surface area contributed by atoms with E-state index in [4.69, 9.17) is 5.10 Å². The summed E-state index contributed by atoms with van der Waals surface area (Å²) in [5, 5.41) is 9.38. The number of aromatic nitrogens is 4. The smallest absolute Gasteiger partial charge is 0.274 e. The Balaban J connectivity index is 1.44. The van der Waals surface area contributed by atoms with Crippen LogP contribution in [0, 0.1) is 19.7 Å². The van der Waals surface area contributed by atoms with Gasteiger partial charge in [-0.05, 0) is 69.5 Å². The molecule has 0 saturated heterocycles. The predicted octanol–water partition coefficient (Wildman–Crippen LogP) is 4.57. The van der Waals surface area contributed by atoms with E-state index in [9.17, 15) is 9.18 Å². The third-order valence-electron chi connectivity index (χ3n) is 6.39. The average molecular weight is 444 g/mol. The van der Waals surface area contributed by atoms with Gasteiger partial charge in [-0.1, -0.05) is 18.2 Å². The number of benzene rings is 2. The van der Waals surface area contributed by atoms with Crippen LogP contribution in [0.4, 0.5) is 4.39 Å². The number of nitrogens with zero attached hydrogens (tertiary/aromatic N) is 5. The molecular weight excluding hydrogens is 417 g/mol. The molecule has 0 fully saturated rings. The summed E-state index contributed by atoms with van der Waals surface area (Å²) in [4.78, 5) is 15.2. The van der Waals surface area contributed by atoms with Crippen LogP contribution >= 0.6 is 0 Å². The van der Waals surface area contributed by atoms with Gasteiger partial charge in [0.2, 0.25) is 0 Å². The van der Waals surface area contributed by atoms with Crippen molar-refractivity contribution in [1.82, 2.24) is 24.5 Å². The molecule has 7 heteroatoms. The fourth-order valence-electron chi connectivity index (χ4n) is 4.62. The Labute approximate surface area is 192 Å². The van der Waals surface area contributed by atoms with E-state index in [1.54, 1.807) is 28.8 Å². The predicted molar refractivity (Wildman–Crippen MR) is 124 cm³/mol. The Bertz CT molecular complexity index is 1320. The second-order valence-electron chi connectivity index (χ2n) is 8.57. The zero-order chi connectivity index (χ0) is 23.1. The van der Waals surface area contributed by atoms with Crippen LogP contribution in [0.25, 0.3) is 11.4 Å². The number of rotatable bonds is 5. The molecule has 5 rings (SSSR count). The fraction of sp³-hybridized carbons (Fsp3) is 0.269. The molecule has 2 aromatic heterocycles. The Morgan fingerprint density at radius 1 is 0.970 bits per heavy atom. The first kappa shape index (κ1) is 21.1. The normalized spacial score (nSPS) is 12.7. The van der Waals surface area contributed by atoms with Crippen LogP contribution in [0.15, 0.2) is 54.6 Å². The number of halogens is 1. The third kappa shape index (κ3) is 3.73. The lowest BCUT2D eigenvalue weighted by Crippen LogP contribution is -2.28. The van der Waals surface area contributed by atoms with Gasteiger partial charge >= 0.3 is 0 Å². The number of hydrogen-bond acceptors (Lipinski definition) is 3. The molecule has 33 heavy (non-hydrogen) atoms. The first-order valence-corrected chi connectivity index (χ1v) is 11.2. The van der Waals surface area contributed by atoms with Crippen molar-refractivity contribution in [2.24, 2.45) is 0 Å². The van der Waals surface area contributed by atoms with Crippen molar-refractivity contribution in [2.45, 2.75) is 39.7 Å². The van der Waals surface area contributed by atoms with Crippen molar-refractivity contribution in [1.29, 1.82) is 0 Å². The molecule has 0 aliphatic heterocycles. The van der Waals surface area contributed by atoms with E-state index in [2.05, 4.69) is 5.10 Å². The van der Waals surface area contributed by atoms with Gasteiger partial charge in [0.1, 0.15) is 5.82 Å². The molecule has 2 heterocycles. The number of amides is 1. The van der Waals surface area contributed by atoms with E-state index in [-0.39, 0.29) is 11.7 Å². The summed E-state index contributed by atoms with van der Waals surface area (Å²) in [5.74, 6) is -0.402. The lowest BCUT2D eigenvalue weighted by molar-refractivity contribution is 0.0777. The molecule has 0 radical (unpaired) electrons. The Hall–Kier alpha value is -3.74. The van der Waals surface area contributed by atoms with Gasteiger partial charge in [0, 0.05) is 36.1 Å². The van der Waals surface area contributed by atoms with Crippen LogP contribution in [0.5, 0.6) is 0 Å². The maximum Gasteiger partial charge on any atom is 0.274 e. The van der Waals surface area contributed by atoms with Crippen molar-refractivity contribution < 1.29 is 9.18 Å². The summed E-state index contributed by atoms with van der Waals surface area (Å²) < 4.78 is 17.1. The molecule has 0 spiro atoms. The quantitative estimate of drug-likeness (QED) is 0.454. The van der Waals surface area contributed by atoms with E-state index in [0.29, 0.717) is 12.2 Å². The highest BCUT2D eigenvalue weighted by atomic mass is 19.1. The average Bonchev–Trinajstić information content (AvgIpc) is 3.50. The fourth-order valence-corrected chi connectivity index (χ4v) is 4.62. The van der Waals surface area contributed by atoms with Gasteiger partial charge in [0.05, 0.1) is 17.1 Å². The Morgan fingerprint density at radius 2 is 1.67 bits per heavy atom. The van der Waals surface area contributed by atoms with Crippen LogP contribution < -0.4 is 0 Å². The number of fused-ring (bicyclic) bond motifs is 1. The van der Waals surface area contributed by atoms with Crippen molar-refractivity contribution in [3.8, 4) is 11.4 Å². The second kappa shape index (κ2) is 8.31. The lowest BCUT2D eigenvalue weighted by Gasteiger charge is -2.17. The van der Waals surface area contributed by atoms with E-state index >= 15 is 0 Å². The molecule has 4 aromatic rings. The molecule has 0 bridgehead atoms. The van der Waals surface area contributed by atoms with Crippen LogP contribution in [0.3, 0.4) is 0 Å². The van der Waals surface area contributed by atoms with E-state index in [0.717, 1.165) is 58.8 Å². The highest BCUT2D eigenvalue weighted by Gasteiger charge is 2.29. The van der Waals surface area contributed by atoms with Gasteiger partial charge in [-0.3, -0.25) is 4.79 Å². The Morgan fingerprint density at radius 3 is 2.39 bits per heavy atom. The molecule has 6 nitrogen and oxygen atoms in total. The summed E-state index contributed by atoms with van der Waals surface area (Å²) in [6.07, 6.45) is 2.68. The third-order valence-corrected chi connectivity index (χ3v) is 6.39. The Kier molecular flexibility index (Phi) is 5.32. The van der Waals surface area contributed by atoms with Gasteiger partial charge < -0.3 is 4.90 Å².